The quantitative estimate of drug-likeness (QED) is 0.733. The Hall–Kier alpha value is -1.36. The van der Waals surface area contributed by atoms with Crippen LogP contribution in [0.25, 0.3) is 0 Å². The average molecular weight is 195 g/mol. The third kappa shape index (κ3) is 1.50. The molecule has 1 unspecified atom stereocenters. The fourth-order valence-electron chi connectivity index (χ4n) is 1.80. The molecule has 1 aliphatic heterocycles. The monoisotopic (exact) mass is 195 g/mol. The highest BCUT2D eigenvalue weighted by Gasteiger charge is 2.30. The number of likely N-dealkylation sites (tertiary alicyclic amines) is 1. The Labute approximate surface area is 81.9 Å². The van der Waals surface area contributed by atoms with E-state index < -0.39 is 0 Å². The van der Waals surface area contributed by atoms with Gasteiger partial charge in [-0.1, -0.05) is 0 Å². The molecule has 0 aromatic carbocycles. The summed E-state index contributed by atoms with van der Waals surface area (Å²) in [5, 5.41) is 0. The number of hydrogen-bond acceptors (Lipinski definition) is 4. The van der Waals surface area contributed by atoms with E-state index in [1.807, 2.05) is 0 Å². The first-order valence-corrected chi connectivity index (χ1v) is 4.73. The summed E-state index contributed by atoms with van der Waals surface area (Å²) in [6, 6.07) is 0.148. The number of rotatable bonds is 2. The molecule has 5 heteroatoms. The molecule has 0 radical (unpaired) electrons. The first-order chi connectivity index (χ1) is 6.83. The van der Waals surface area contributed by atoms with Crippen LogP contribution in [0, 0.1) is 0 Å². The van der Waals surface area contributed by atoms with Crippen LogP contribution >= 0.6 is 0 Å². The Morgan fingerprint density at radius 1 is 1.79 bits per heavy atom. The molecule has 14 heavy (non-hydrogen) atoms. The van der Waals surface area contributed by atoms with Crippen molar-refractivity contribution in [3.63, 3.8) is 0 Å². The zero-order chi connectivity index (χ0) is 9.97. The van der Waals surface area contributed by atoms with Crippen molar-refractivity contribution in [3.8, 4) is 0 Å². The second-order valence-corrected chi connectivity index (χ2v) is 3.37. The van der Waals surface area contributed by atoms with E-state index >= 15 is 0 Å². The van der Waals surface area contributed by atoms with E-state index in [2.05, 4.69) is 4.98 Å². The van der Waals surface area contributed by atoms with Crippen molar-refractivity contribution in [2.45, 2.75) is 18.9 Å². The third-order valence-corrected chi connectivity index (χ3v) is 2.53. The Morgan fingerprint density at radius 3 is 3.29 bits per heavy atom. The number of carbonyl (C=O) groups excluding carboxylic acids is 1. The van der Waals surface area contributed by atoms with E-state index in [4.69, 9.17) is 10.2 Å². The molecule has 76 valence electrons. The van der Waals surface area contributed by atoms with E-state index in [1.165, 1.54) is 12.5 Å². The first-order valence-electron chi connectivity index (χ1n) is 4.73. The largest absolute Gasteiger partial charge is 0.441 e. The Bertz CT molecular complexity index is 310. The van der Waals surface area contributed by atoms with Crippen molar-refractivity contribution in [3.05, 3.63) is 18.4 Å². The summed E-state index contributed by atoms with van der Waals surface area (Å²) in [5.74, 6) is 0.00769. The molecule has 1 aromatic rings. The summed E-state index contributed by atoms with van der Waals surface area (Å²) in [5.41, 5.74) is 5.57. The summed E-state index contributed by atoms with van der Waals surface area (Å²) < 4.78 is 4.96. The predicted molar refractivity (Wildman–Crippen MR) is 49.6 cm³/mol. The minimum Gasteiger partial charge on any atom is -0.441 e. The summed E-state index contributed by atoms with van der Waals surface area (Å²) in [6.45, 7) is 1.26. The Kier molecular flexibility index (Phi) is 2.49. The van der Waals surface area contributed by atoms with Crippen LogP contribution in [-0.4, -0.2) is 34.9 Å². The van der Waals surface area contributed by atoms with E-state index in [-0.39, 0.29) is 17.8 Å². The van der Waals surface area contributed by atoms with Crippen molar-refractivity contribution in [1.82, 2.24) is 9.88 Å². The Morgan fingerprint density at radius 2 is 2.64 bits per heavy atom. The minimum absolute atomic E-state index is 0.148. The van der Waals surface area contributed by atoms with Gasteiger partial charge in [-0.2, -0.15) is 0 Å². The van der Waals surface area contributed by atoms with Crippen LogP contribution in [0.15, 0.2) is 16.9 Å². The van der Waals surface area contributed by atoms with Gasteiger partial charge in [-0.05, 0) is 12.8 Å². The molecule has 0 spiro atoms. The minimum atomic E-state index is -0.150. The zero-order valence-corrected chi connectivity index (χ0v) is 7.85. The zero-order valence-electron chi connectivity index (χ0n) is 7.85. The van der Waals surface area contributed by atoms with Gasteiger partial charge in [0.25, 0.3) is 5.89 Å². The lowest BCUT2D eigenvalue weighted by molar-refractivity contribution is 0.0701. The van der Waals surface area contributed by atoms with Crippen molar-refractivity contribution in [1.29, 1.82) is 0 Å². The summed E-state index contributed by atoms with van der Waals surface area (Å²) in [4.78, 5) is 17.4. The molecule has 1 aromatic heterocycles. The Balaban J connectivity index is 2.11. The van der Waals surface area contributed by atoms with Crippen LogP contribution in [0.5, 0.6) is 0 Å². The molecule has 0 saturated carbocycles. The second-order valence-electron chi connectivity index (χ2n) is 3.37. The van der Waals surface area contributed by atoms with Crippen molar-refractivity contribution in [2.75, 3.05) is 13.1 Å². The molecule has 2 N–H and O–H groups in total. The van der Waals surface area contributed by atoms with Gasteiger partial charge in [-0.3, -0.25) is 4.79 Å². The van der Waals surface area contributed by atoms with Crippen molar-refractivity contribution in [2.24, 2.45) is 5.73 Å². The second kappa shape index (κ2) is 3.79. The highest BCUT2D eigenvalue weighted by molar-refractivity contribution is 5.90. The lowest BCUT2D eigenvalue weighted by atomic mass is 10.2. The molecule has 0 aliphatic carbocycles. The molecule has 5 nitrogen and oxygen atoms in total. The maximum absolute atomic E-state index is 11.8. The molecular formula is C9H13N3O2. The van der Waals surface area contributed by atoms with Gasteiger partial charge in [0.05, 0.1) is 6.20 Å². The van der Waals surface area contributed by atoms with Gasteiger partial charge in [0.1, 0.15) is 6.26 Å². The molecule has 2 rings (SSSR count). The number of oxazole rings is 1. The van der Waals surface area contributed by atoms with Gasteiger partial charge in [0, 0.05) is 19.1 Å². The first kappa shape index (κ1) is 9.21. The maximum Gasteiger partial charge on any atom is 0.309 e. The van der Waals surface area contributed by atoms with Gasteiger partial charge in [0.2, 0.25) is 0 Å². The molecule has 1 fully saturated rings. The number of hydrogen-bond donors (Lipinski definition) is 1. The van der Waals surface area contributed by atoms with Gasteiger partial charge in [0.15, 0.2) is 0 Å². The van der Waals surface area contributed by atoms with Crippen molar-refractivity contribution < 1.29 is 9.21 Å². The van der Waals surface area contributed by atoms with E-state index in [9.17, 15) is 4.79 Å². The molecule has 0 bridgehead atoms. The predicted octanol–water partition coefficient (Wildman–Crippen LogP) is 0.238. The van der Waals surface area contributed by atoms with Crippen LogP contribution < -0.4 is 5.73 Å². The lowest BCUT2D eigenvalue weighted by Gasteiger charge is -2.21. The number of nitrogens with zero attached hydrogens (tertiary/aromatic N) is 2. The lowest BCUT2D eigenvalue weighted by Crippen LogP contribution is -2.40. The fourth-order valence-corrected chi connectivity index (χ4v) is 1.80. The smallest absolute Gasteiger partial charge is 0.309 e. The number of amides is 1. The van der Waals surface area contributed by atoms with Crippen LogP contribution in [0.3, 0.4) is 0 Å². The number of nitrogens with two attached hydrogens (primary N) is 1. The van der Waals surface area contributed by atoms with E-state index in [0.29, 0.717) is 6.54 Å². The standard InChI is InChI=1S/C9H13N3O2/c10-6-7-2-1-4-12(7)9(13)8-11-3-5-14-8/h3,5,7H,1-2,4,6,10H2. The van der Waals surface area contributed by atoms with Crippen LogP contribution in [-0.2, 0) is 0 Å². The van der Waals surface area contributed by atoms with Crippen LogP contribution in [0.2, 0.25) is 0 Å². The number of aromatic nitrogens is 1. The van der Waals surface area contributed by atoms with E-state index in [0.717, 1.165) is 19.4 Å². The average Bonchev–Trinajstić information content (AvgIpc) is 2.87. The molecular weight excluding hydrogens is 182 g/mol. The van der Waals surface area contributed by atoms with Gasteiger partial charge < -0.3 is 15.1 Å². The highest BCUT2D eigenvalue weighted by atomic mass is 16.4. The fraction of sp³-hybridized carbons (Fsp3) is 0.556. The van der Waals surface area contributed by atoms with Crippen LogP contribution in [0.1, 0.15) is 23.5 Å². The molecule has 1 atom stereocenters. The third-order valence-electron chi connectivity index (χ3n) is 2.53. The van der Waals surface area contributed by atoms with Gasteiger partial charge in [-0.25, -0.2) is 4.98 Å². The SMILES string of the molecule is NCC1CCCN1C(=O)c1ncco1. The molecule has 1 saturated heterocycles. The normalized spacial score (nSPS) is 21.5. The summed E-state index contributed by atoms with van der Waals surface area (Å²) in [7, 11) is 0. The highest BCUT2D eigenvalue weighted by Crippen LogP contribution is 2.18. The number of carbonyl (C=O) groups is 1. The van der Waals surface area contributed by atoms with Gasteiger partial charge in [-0.15, -0.1) is 0 Å². The van der Waals surface area contributed by atoms with E-state index in [1.54, 1.807) is 4.90 Å². The molecule has 2 heterocycles. The summed E-state index contributed by atoms with van der Waals surface area (Å²) >= 11 is 0. The topological polar surface area (TPSA) is 72.4 Å². The maximum atomic E-state index is 11.8. The van der Waals surface area contributed by atoms with Crippen LogP contribution in [0.4, 0.5) is 0 Å². The molecule has 1 aliphatic rings. The molecule has 1 amide bonds. The van der Waals surface area contributed by atoms with Crippen molar-refractivity contribution >= 4 is 5.91 Å². The van der Waals surface area contributed by atoms with Gasteiger partial charge >= 0.3 is 5.91 Å². The summed E-state index contributed by atoms with van der Waals surface area (Å²) in [6.07, 6.45) is 4.86.